The van der Waals surface area contributed by atoms with Crippen LogP contribution in [0.5, 0.6) is 11.5 Å². The Morgan fingerprint density at radius 2 is 1.62 bits per heavy atom. The fraction of sp³-hybridized carbons (Fsp3) is 0.455. The molecule has 1 saturated carbocycles. The molecular formula is C22H28O2. The van der Waals surface area contributed by atoms with E-state index in [1.54, 1.807) is 0 Å². The van der Waals surface area contributed by atoms with E-state index < -0.39 is 0 Å². The Morgan fingerprint density at radius 1 is 0.958 bits per heavy atom. The van der Waals surface area contributed by atoms with Gasteiger partial charge in [-0.3, -0.25) is 0 Å². The van der Waals surface area contributed by atoms with E-state index in [1.165, 1.54) is 36.8 Å². The third-order valence-electron chi connectivity index (χ3n) is 5.79. The molecule has 2 aromatic rings. The maximum absolute atomic E-state index is 9.72. The van der Waals surface area contributed by atoms with Crippen molar-refractivity contribution in [2.75, 3.05) is 0 Å². The lowest BCUT2D eigenvalue weighted by Crippen LogP contribution is -2.19. The highest BCUT2D eigenvalue weighted by Crippen LogP contribution is 2.43. The average molecular weight is 324 g/mol. The minimum absolute atomic E-state index is 0.347. The predicted octanol–water partition coefficient (Wildman–Crippen LogP) is 5.87. The summed E-state index contributed by atoms with van der Waals surface area (Å²) in [6, 6.07) is 13.9. The molecule has 2 aromatic carbocycles. The van der Waals surface area contributed by atoms with Crippen molar-refractivity contribution in [3.8, 4) is 11.5 Å². The summed E-state index contributed by atoms with van der Waals surface area (Å²) in [6.45, 7) is 4.25. The summed E-state index contributed by atoms with van der Waals surface area (Å²) < 4.78 is 0. The van der Waals surface area contributed by atoms with Gasteiger partial charge in [0.25, 0.3) is 0 Å². The number of aromatic hydroxyl groups is 2. The highest BCUT2D eigenvalue weighted by Gasteiger charge is 2.28. The predicted molar refractivity (Wildman–Crippen MR) is 98.7 cm³/mol. The van der Waals surface area contributed by atoms with Crippen molar-refractivity contribution in [1.29, 1.82) is 0 Å². The molecule has 0 spiro atoms. The van der Waals surface area contributed by atoms with Gasteiger partial charge < -0.3 is 10.2 Å². The van der Waals surface area contributed by atoms with E-state index in [4.69, 9.17) is 0 Å². The van der Waals surface area contributed by atoms with E-state index in [1.807, 2.05) is 25.1 Å². The van der Waals surface area contributed by atoms with Crippen LogP contribution < -0.4 is 0 Å². The highest BCUT2D eigenvalue weighted by atomic mass is 16.3. The minimum Gasteiger partial charge on any atom is -0.508 e. The maximum Gasteiger partial charge on any atom is 0.118 e. The summed E-state index contributed by atoms with van der Waals surface area (Å²) in [7, 11) is 0. The molecule has 24 heavy (non-hydrogen) atoms. The molecule has 3 rings (SSSR count). The number of hydrogen-bond donors (Lipinski definition) is 2. The van der Waals surface area contributed by atoms with Gasteiger partial charge in [-0.15, -0.1) is 0 Å². The Balaban J connectivity index is 1.67. The molecule has 2 heteroatoms. The Labute approximate surface area is 145 Å². The second-order valence-corrected chi connectivity index (χ2v) is 7.26. The zero-order valence-corrected chi connectivity index (χ0v) is 14.7. The zero-order valence-electron chi connectivity index (χ0n) is 14.7. The first-order valence-corrected chi connectivity index (χ1v) is 9.17. The second kappa shape index (κ2) is 7.29. The van der Waals surface area contributed by atoms with Crippen molar-refractivity contribution in [1.82, 2.24) is 0 Å². The average Bonchev–Trinajstić information content (AvgIpc) is 2.60. The van der Waals surface area contributed by atoms with Crippen LogP contribution in [-0.4, -0.2) is 10.2 Å². The molecule has 0 aromatic heterocycles. The first-order chi connectivity index (χ1) is 11.6. The molecule has 0 aliphatic heterocycles. The Morgan fingerprint density at radius 3 is 2.21 bits per heavy atom. The van der Waals surface area contributed by atoms with Crippen LogP contribution in [0.25, 0.3) is 0 Å². The lowest BCUT2D eigenvalue weighted by Gasteiger charge is -2.34. The van der Waals surface area contributed by atoms with Crippen LogP contribution in [0.15, 0.2) is 42.5 Å². The van der Waals surface area contributed by atoms with E-state index in [0.29, 0.717) is 23.3 Å². The lowest BCUT2D eigenvalue weighted by molar-refractivity contribution is 0.276. The summed E-state index contributed by atoms with van der Waals surface area (Å²) in [6.07, 6.45) is 6.11. The van der Waals surface area contributed by atoms with Crippen LogP contribution in [0, 0.1) is 12.8 Å². The fourth-order valence-corrected chi connectivity index (χ4v) is 4.35. The number of rotatable bonds is 4. The molecule has 0 bridgehead atoms. The van der Waals surface area contributed by atoms with Crippen molar-refractivity contribution in [2.45, 2.75) is 57.8 Å². The van der Waals surface area contributed by atoms with Gasteiger partial charge >= 0.3 is 0 Å². The molecule has 1 atom stereocenters. The van der Waals surface area contributed by atoms with E-state index in [-0.39, 0.29) is 0 Å². The van der Waals surface area contributed by atoms with Crippen LogP contribution in [0.1, 0.15) is 67.6 Å². The van der Waals surface area contributed by atoms with Gasteiger partial charge in [0.15, 0.2) is 0 Å². The van der Waals surface area contributed by atoms with Gasteiger partial charge in [0.05, 0.1) is 0 Å². The maximum atomic E-state index is 9.72. The molecule has 128 valence electrons. The van der Waals surface area contributed by atoms with Gasteiger partial charge in [0.2, 0.25) is 0 Å². The van der Waals surface area contributed by atoms with E-state index in [0.717, 1.165) is 17.9 Å². The van der Waals surface area contributed by atoms with Crippen LogP contribution in [0.3, 0.4) is 0 Å². The van der Waals surface area contributed by atoms with Crippen molar-refractivity contribution in [3.05, 3.63) is 59.2 Å². The Kier molecular flexibility index (Phi) is 5.13. The largest absolute Gasteiger partial charge is 0.508 e. The van der Waals surface area contributed by atoms with Gasteiger partial charge in [0, 0.05) is 0 Å². The van der Waals surface area contributed by atoms with Crippen molar-refractivity contribution in [2.24, 2.45) is 5.92 Å². The molecular weight excluding hydrogens is 296 g/mol. The van der Waals surface area contributed by atoms with Crippen LogP contribution in [-0.2, 0) is 0 Å². The molecule has 0 saturated heterocycles. The SMILES string of the molecule is CCC(c1ccc(O)cc1)C1CCC(c2ccc(O)c(C)c2)CC1. The normalized spacial score (nSPS) is 22.2. The Bertz CT molecular complexity index is 667. The van der Waals surface area contributed by atoms with Gasteiger partial charge in [-0.05, 0) is 91.7 Å². The van der Waals surface area contributed by atoms with Crippen molar-refractivity contribution < 1.29 is 10.2 Å². The van der Waals surface area contributed by atoms with Crippen LogP contribution in [0.4, 0.5) is 0 Å². The molecule has 0 heterocycles. The monoisotopic (exact) mass is 324 g/mol. The molecule has 1 unspecified atom stereocenters. The third kappa shape index (κ3) is 3.58. The van der Waals surface area contributed by atoms with Gasteiger partial charge in [-0.1, -0.05) is 31.2 Å². The first kappa shape index (κ1) is 16.9. The third-order valence-corrected chi connectivity index (χ3v) is 5.79. The van der Waals surface area contributed by atoms with E-state index >= 15 is 0 Å². The van der Waals surface area contributed by atoms with Crippen molar-refractivity contribution in [3.63, 3.8) is 0 Å². The molecule has 1 aliphatic rings. The molecule has 0 radical (unpaired) electrons. The summed E-state index contributed by atoms with van der Waals surface area (Å²) in [5.74, 6) is 2.69. The second-order valence-electron chi connectivity index (χ2n) is 7.26. The molecule has 1 fully saturated rings. The molecule has 0 amide bonds. The first-order valence-electron chi connectivity index (χ1n) is 9.17. The summed E-state index contributed by atoms with van der Waals surface area (Å²) in [4.78, 5) is 0. The number of benzene rings is 2. The van der Waals surface area contributed by atoms with E-state index in [9.17, 15) is 10.2 Å². The summed E-state index contributed by atoms with van der Waals surface area (Å²) in [5, 5.41) is 19.2. The smallest absolute Gasteiger partial charge is 0.118 e. The highest BCUT2D eigenvalue weighted by molar-refractivity contribution is 5.36. The Hall–Kier alpha value is -1.96. The minimum atomic E-state index is 0.347. The van der Waals surface area contributed by atoms with Gasteiger partial charge in [0.1, 0.15) is 11.5 Å². The summed E-state index contributed by atoms with van der Waals surface area (Å²) >= 11 is 0. The number of aryl methyl sites for hydroxylation is 1. The van der Waals surface area contributed by atoms with E-state index in [2.05, 4.69) is 31.2 Å². The van der Waals surface area contributed by atoms with Gasteiger partial charge in [-0.2, -0.15) is 0 Å². The van der Waals surface area contributed by atoms with Crippen LogP contribution in [0.2, 0.25) is 0 Å². The molecule has 1 aliphatic carbocycles. The molecule has 2 nitrogen and oxygen atoms in total. The zero-order chi connectivity index (χ0) is 17.1. The topological polar surface area (TPSA) is 40.5 Å². The van der Waals surface area contributed by atoms with Crippen molar-refractivity contribution >= 4 is 0 Å². The fourth-order valence-electron chi connectivity index (χ4n) is 4.35. The standard InChI is InChI=1S/C22H28O2/c1-3-21(18-8-11-20(23)12-9-18)17-6-4-16(5-7-17)19-10-13-22(24)15(2)14-19/h8-14,16-17,21,23-24H,3-7H2,1-2H3. The van der Waals surface area contributed by atoms with Crippen LogP contribution >= 0.6 is 0 Å². The number of phenols is 2. The number of hydrogen-bond acceptors (Lipinski definition) is 2. The molecule has 2 N–H and O–H groups in total. The van der Waals surface area contributed by atoms with Gasteiger partial charge in [-0.25, -0.2) is 0 Å². The summed E-state index contributed by atoms with van der Waals surface area (Å²) in [5.41, 5.74) is 3.71. The lowest BCUT2D eigenvalue weighted by atomic mass is 9.71. The quantitative estimate of drug-likeness (QED) is 0.738. The number of phenolic OH excluding ortho intramolecular Hbond substituents is 2.